The Kier molecular flexibility index (Phi) is 5.13. The molecule has 1 aromatic rings. The molecule has 2 rings (SSSR count). The summed E-state index contributed by atoms with van der Waals surface area (Å²) >= 11 is 0. The predicted molar refractivity (Wildman–Crippen MR) is 72.3 cm³/mol. The summed E-state index contributed by atoms with van der Waals surface area (Å²) in [5.74, 6) is 1.11. The van der Waals surface area contributed by atoms with Crippen molar-refractivity contribution in [1.82, 2.24) is 25.0 Å². The fourth-order valence-corrected chi connectivity index (χ4v) is 2.73. The van der Waals surface area contributed by atoms with Crippen molar-refractivity contribution in [2.45, 2.75) is 51.7 Å². The maximum Gasteiger partial charge on any atom is 0.141 e. The van der Waals surface area contributed by atoms with Crippen LogP contribution in [0.2, 0.25) is 0 Å². The molecular formula is C13H25N5. The summed E-state index contributed by atoms with van der Waals surface area (Å²) in [5.41, 5.74) is 0. The van der Waals surface area contributed by atoms with E-state index in [1.165, 1.54) is 25.8 Å². The number of aromatic nitrogens is 3. The number of rotatable bonds is 6. The van der Waals surface area contributed by atoms with Crippen molar-refractivity contribution in [3.8, 4) is 0 Å². The molecule has 1 aromatic heterocycles. The van der Waals surface area contributed by atoms with Gasteiger partial charge in [-0.05, 0) is 32.9 Å². The number of nitrogens with zero attached hydrogens (tertiary/aromatic N) is 4. The lowest BCUT2D eigenvalue weighted by atomic mass is 10.0. The predicted octanol–water partition coefficient (Wildman–Crippen LogP) is 1.26. The van der Waals surface area contributed by atoms with Gasteiger partial charge in [-0.1, -0.05) is 13.3 Å². The van der Waals surface area contributed by atoms with Gasteiger partial charge in [0.15, 0.2) is 0 Å². The lowest BCUT2D eigenvalue weighted by Crippen LogP contribution is -2.44. The molecule has 1 aliphatic heterocycles. The summed E-state index contributed by atoms with van der Waals surface area (Å²) < 4.78 is 2.05. The van der Waals surface area contributed by atoms with Crippen molar-refractivity contribution < 1.29 is 0 Å². The van der Waals surface area contributed by atoms with Crippen molar-refractivity contribution in [2.24, 2.45) is 0 Å². The van der Waals surface area contributed by atoms with E-state index >= 15 is 0 Å². The molecule has 1 saturated heterocycles. The van der Waals surface area contributed by atoms with Gasteiger partial charge in [-0.3, -0.25) is 4.90 Å². The highest BCUT2D eigenvalue weighted by atomic mass is 15.4. The topological polar surface area (TPSA) is 46.0 Å². The van der Waals surface area contributed by atoms with Gasteiger partial charge >= 0.3 is 0 Å². The zero-order valence-corrected chi connectivity index (χ0v) is 11.6. The average molecular weight is 251 g/mol. The smallest absolute Gasteiger partial charge is 0.141 e. The quantitative estimate of drug-likeness (QED) is 0.827. The van der Waals surface area contributed by atoms with Crippen LogP contribution in [0.5, 0.6) is 0 Å². The number of piperidine rings is 1. The van der Waals surface area contributed by atoms with E-state index in [0.29, 0.717) is 6.04 Å². The van der Waals surface area contributed by atoms with Crippen molar-refractivity contribution in [2.75, 3.05) is 20.1 Å². The van der Waals surface area contributed by atoms with E-state index in [1.807, 2.05) is 11.7 Å². The molecule has 1 aliphatic rings. The van der Waals surface area contributed by atoms with E-state index < -0.39 is 0 Å². The Morgan fingerprint density at radius 1 is 1.44 bits per heavy atom. The first-order chi connectivity index (χ1) is 8.85. The molecule has 0 aliphatic carbocycles. The van der Waals surface area contributed by atoms with Gasteiger partial charge in [0, 0.05) is 19.1 Å². The molecule has 1 N–H and O–H groups in total. The van der Waals surface area contributed by atoms with Gasteiger partial charge in [0.1, 0.15) is 12.2 Å². The van der Waals surface area contributed by atoms with Crippen LogP contribution in [0, 0.1) is 0 Å². The lowest BCUT2D eigenvalue weighted by molar-refractivity contribution is 0.133. The first kappa shape index (κ1) is 13.5. The Morgan fingerprint density at radius 2 is 2.33 bits per heavy atom. The summed E-state index contributed by atoms with van der Waals surface area (Å²) in [6, 6.07) is 0.649. The normalized spacial score (nSPS) is 21.3. The molecule has 0 saturated carbocycles. The number of hydrogen-bond acceptors (Lipinski definition) is 4. The van der Waals surface area contributed by atoms with Gasteiger partial charge in [-0.15, -0.1) is 0 Å². The Balaban J connectivity index is 1.99. The highest BCUT2D eigenvalue weighted by molar-refractivity contribution is 4.88. The molecule has 2 heterocycles. The van der Waals surface area contributed by atoms with E-state index in [2.05, 4.69) is 27.2 Å². The molecule has 1 unspecified atom stereocenters. The van der Waals surface area contributed by atoms with Crippen LogP contribution in [-0.4, -0.2) is 45.8 Å². The summed E-state index contributed by atoms with van der Waals surface area (Å²) in [6.45, 7) is 6.34. The van der Waals surface area contributed by atoms with E-state index in [0.717, 1.165) is 31.9 Å². The fourth-order valence-electron chi connectivity index (χ4n) is 2.73. The Labute approximate surface area is 110 Å². The van der Waals surface area contributed by atoms with Crippen LogP contribution < -0.4 is 5.32 Å². The number of likely N-dealkylation sites (N-methyl/N-ethyl adjacent to an activating group) is 1. The zero-order chi connectivity index (χ0) is 12.8. The SMILES string of the molecule is CCCn1ncnc1CN1CCCCC1CNC. The lowest BCUT2D eigenvalue weighted by Gasteiger charge is -2.35. The largest absolute Gasteiger partial charge is 0.318 e. The molecule has 0 radical (unpaired) electrons. The van der Waals surface area contributed by atoms with Gasteiger partial charge in [-0.25, -0.2) is 9.67 Å². The molecule has 0 bridgehead atoms. The van der Waals surface area contributed by atoms with Gasteiger partial charge in [-0.2, -0.15) is 5.10 Å². The third-order valence-corrected chi connectivity index (χ3v) is 3.66. The van der Waals surface area contributed by atoms with Crippen LogP contribution in [0.15, 0.2) is 6.33 Å². The van der Waals surface area contributed by atoms with E-state index in [1.54, 1.807) is 6.33 Å². The standard InChI is InChI=1S/C13H25N5/c1-3-7-18-13(15-11-16-18)10-17-8-5-4-6-12(17)9-14-2/h11-12,14H,3-10H2,1-2H3. The van der Waals surface area contributed by atoms with Crippen LogP contribution in [0.25, 0.3) is 0 Å². The monoisotopic (exact) mass is 251 g/mol. The first-order valence-corrected chi connectivity index (χ1v) is 7.10. The van der Waals surface area contributed by atoms with Crippen molar-refractivity contribution in [3.63, 3.8) is 0 Å². The molecule has 1 atom stereocenters. The van der Waals surface area contributed by atoms with Gasteiger partial charge in [0.05, 0.1) is 6.54 Å². The minimum atomic E-state index is 0.649. The Morgan fingerprint density at radius 3 is 3.11 bits per heavy atom. The van der Waals surface area contributed by atoms with Crippen LogP contribution in [0.3, 0.4) is 0 Å². The number of likely N-dealkylation sites (tertiary alicyclic amines) is 1. The van der Waals surface area contributed by atoms with Crippen LogP contribution in [-0.2, 0) is 13.1 Å². The maximum atomic E-state index is 4.41. The van der Waals surface area contributed by atoms with Crippen LogP contribution in [0.1, 0.15) is 38.4 Å². The molecule has 102 valence electrons. The molecule has 0 spiro atoms. The van der Waals surface area contributed by atoms with Crippen LogP contribution in [0.4, 0.5) is 0 Å². The van der Waals surface area contributed by atoms with Crippen molar-refractivity contribution in [1.29, 1.82) is 0 Å². The molecular weight excluding hydrogens is 226 g/mol. The Hall–Kier alpha value is -0.940. The summed E-state index contributed by atoms with van der Waals surface area (Å²) in [4.78, 5) is 6.97. The van der Waals surface area contributed by atoms with E-state index in [4.69, 9.17) is 0 Å². The molecule has 0 amide bonds. The minimum absolute atomic E-state index is 0.649. The van der Waals surface area contributed by atoms with Gasteiger partial charge < -0.3 is 5.32 Å². The number of nitrogens with one attached hydrogen (secondary N) is 1. The highest BCUT2D eigenvalue weighted by Crippen LogP contribution is 2.18. The highest BCUT2D eigenvalue weighted by Gasteiger charge is 2.23. The van der Waals surface area contributed by atoms with Gasteiger partial charge in [0.25, 0.3) is 0 Å². The summed E-state index contributed by atoms with van der Waals surface area (Å²) in [7, 11) is 2.03. The van der Waals surface area contributed by atoms with Crippen molar-refractivity contribution in [3.05, 3.63) is 12.2 Å². The minimum Gasteiger partial charge on any atom is -0.318 e. The molecule has 5 nitrogen and oxygen atoms in total. The summed E-state index contributed by atoms with van der Waals surface area (Å²) in [5, 5.41) is 7.61. The number of hydrogen-bond donors (Lipinski definition) is 1. The van der Waals surface area contributed by atoms with Crippen molar-refractivity contribution >= 4 is 0 Å². The second-order valence-electron chi connectivity index (χ2n) is 5.08. The van der Waals surface area contributed by atoms with E-state index in [9.17, 15) is 0 Å². The molecule has 1 fully saturated rings. The van der Waals surface area contributed by atoms with E-state index in [-0.39, 0.29) is 0 Å². The zero-order valence-electron chi connectivity index (χ0n) is 11.6. The summed E-state index contributed by atoms with van der Waals surface area (Å²) in [6.07, 6.45) is 6.74. The van der Waals surface area contributed by atoms with Crippen LogP contribution >= 0.6 is 0 Å². The average Bonchev–Trinajstić information content (AvgIpc) is 2.80. The third-order valence-electron chi connectivity index (χ3n) is 3.66. The number of aryl methyl sites for hydroxylation is 1. The Bertz CT molecular complexity index is 347. The first-order valence-electron chi connectivity index (χ1n) is 7.10. The molecule has 5 heteroatoms. The molecule has 0 aromatic carbocycles. The maximum absolute atomic E-state index is 4.41. The molecule has 18 heavy (non-hydrogen) atoms. The third kappa shape index (κ3) is 3.29. The van der Waals surface area contributed by atoms with Gasteiger partial charge in [0.2, 0.25) is 0 Å². The fraction of sp³-hybridized carbons (Fsp3) is 0.846. The second kappa shape index (κ2) is 6.85. The second-order valence-corrected chi connectivity index (χ2v) is 5.08.